The van der Waals surface area contributed by atoms with Gasteiger partial charge in [0, 0.05) is 24.5 Å². The van der Waals surface area contributed by atoms with Crippen LogP contribution in [0.4, 0.5) is 5.82 Å². The van der Waals surface area contributed by atoms with Gasteiger partial charge in [0.2, 0.25) is 5.43 Å². The van der Waals surface area contributed by atoms with Crippen molar-refractivity contribution in [3.05, 3.63) is 52.9 Å². The van der Waals surface area contributed by atoms with Crippen LogP contribution in [0.2, 0.25) is 0 Å². The van der Waals surface area contributed by atoms with E-state index in [-0.39, 0.29) is 5.43 Å². The molecule has 2 heterocycles. The Morgan fingerprint density at radius 1 is 1.14 bits per heavy atom. The van der Waals surface area contributed by atoms with Crippen molar-refractivity contribution in [3.8, 4) is 16.9 Å². The van der Waals surface area contributed by atoms with Gasteiger partial charge in [-0.2, -0.15) is 0 Å². The number of benzene rings is 1. The fourth-order valence-corrected chi connectivity index (χ4v) is 4.04. The SMILES string of the molecule is CCOc1ccc(-c2c[nH]c3ccnc(NCC4CCCCC4)c3c2=O)cc1. The number of rotatable bonds is 6. The van der Waals surface area contributed by atoms with E-state index in [2.05, 4.69) is 15.3 Å². The van der Waals surface area contributed by atoms with Gasteiger partial charge in [-0.25, -0.2) is 4.98 Å². The smallest absolute Gasteiger partial charge is 0.200 e. The zero-order chi connectivity index (χ0) is 19.3. The van der Waals surface area contributed by atoms with Gasteiger partial charge in [0.05, 0.1) is 17.5 Å². The van der Waals surface area contributed by atoms with Crippen LogP contribution >= 0.6 is 0 Å². The highest BCUT2D eigenvalue weighted by Gasteiger charge is 2.16. The molecule has 4 rings (SSSR count). The molecule has 0 unspecified atom stereocenters. The molecule has 1 fully saturated rings. The minimum absolute atomic E-state index is 0.00264. The van der Waals surface area contributed by atoms with Gasteiger partial charge in [-0.1, -0.05) is 31.4 Å². The van der Waals surface area contributed by atoms with Gasteiger partial charge in [-0.3, -0.25) is 4.79 Å². The van der Waals surface area contributed by atoms with Crippen molar-refractivity contribution in [1.29, 1.82) is 0 Å². The lowest BCUT2D eigenvalue weighted by atomic mass is 9.89. The number of nitrogens with one attached hydrogen (secondary N) is 2. The van der Waals surface area contributed by atoms with Crippen molar-refractivity contribution in [3.63, 3.8) is 0 Å². The number of aromatic nitrogens is 2. The first-order chi connectivity index (χ1) is 13.8. The molecule has 0 radical (unpaired) electrons. The number of anilines is 1. The Labute approximate surface area is 165 Å². The molecule has 1 saturated carbocycles. The van der Waals surface area contributed by atoms with E-state index in [1.54, 1.807) is 12.4 Å². The van der Waals surface area contributed by atoms with Crippen LogP contribution < -0.4 is 15.5 Å². The second-order valence-corrected chi connectivity index (χ2v) is 7.46. The molecule has 0 spiro atoms. The molecule has 0 bridgehead atoms. The summed E-state index contributed by atoms with van der Waals surface area (Å²) in [7, 11) is 0. The van der Waals surface area contributed by atoms with Gasteiger partial charge in [-0.05, 0) is 49.4 Å². The molecule has 146 valence electrons. The lowest BCUT2D eigenvalue weighted by molar-refractivity contribution is 0.340. The molecule has 0 amide bonds. The van der Waals surface area contributed by atoms with Crippen LogP contribution in [-0.2, 0) is 0 Å². The molecular weight excluding hydrogens is 350 g/mol. The van der Waals surface area contributed by atoms with Gasteiger partial charge in [0.1, 0.15) is 11.6 Å². The maximum atomic E-state index is 13.3. The predicted molar refractivity (Wildman–Crippen MR) is 114 cm³/mol. The number of aromatic amines is 1. The van der Waals surface area contributed by atoms with E-state index in [9.17, 15) is 4.79 Å². The number of H-pyrrole nitrogens is 1. The van der Waals surface area contributed by atoms with E-state index in [0.29, 0.717) is 29.3 Å². The highest BCUT2D eigenvalue weighted by molar-refractivity contribution is 5.91. The Bertz CT molecular complexity index is 989. The van der Waals surface area contributed by atoms with Gasteiger partial charge in [-0.15, -0.1) is 0 Å². The maximum Gasteiger partial charge on any atom is 0.200 e. The van der Waals surface area contributed by atoms with Gasteiger partial charge in [0.25, 0.3) is 0 Å². The first-order valence-electron chi connectivity index (χ1n) is 10.2. The number of pyridine rings is 2. The number of nitrogens with zero attached hydrogens (tertiary/aromatic N) is 1. The number of fused-ring (bicyclic) bond motifs is 1. The summed E-state index contributed by atoms with van der Waals surface area (Å²) >= 11 is 0. The van der Waals surface area contributed by atoms with Crippen LogP contribution in [0.15, 0.2) is 47.5 Å². The van der Waals surface area contributed by atoms with Crippen LogP contribution in [0.25, 0.3) is 22.0 Å². The second-order valence-electron chi connectivity index (χ2n) is 7.46. The van der Waals surface area contributed by atoms with Crippen LogP contribution in [0.3, 0.4) is 0 Å². The molecule has 2 aromatic heterocycles. The summed E-state index contributed by atoms with van der Waals surface area (Å²) in [4.78, 5) is 21.0. The first kappa shape index (κ1) is 18.5. The normalized spacial score (nSPS) is 14.9. The zero-order valence-corrected chi connectivity index (χ0v) is 16.3. The lowest BCUT2D eigenvalue weighted by Crippen LogP contribution is -2.19. The van der Waals surface area contributed by atoms with Crippen LogP contribution in [0, 0.1) is 5.92 Å². The molecule has 0 saturated heterocycles. The highest BCUT2D eigenvalue weighted by Crippen LogP contribution is 2.26. The van der Waals surface area contributed by atoms with Crippen molar-refractivity contribution in [2.24, 2.45) is 5.92 Å². The topological polar surface area (TPSA) is 67.0 Å². The molecule has 0 atom stereocenters. The molecule has 0 aliphatic heterocycles. The number of hydrogen-bond donors (Lipinski definition) is 2. The average Bonchev–Trinajstić information content (AvgIpc) is 2.74. The van der Waals surface area contributed by atoms with E-state index >= 15 is 0 Å². The summed E-state index contributed by atoms with van der Waals surface area (Å²) in [6.45, 7) is 3.45. The average molecular weight is 377 g/mol. The zero-order valence-electron chi connectivity index (χ0n) is 16.3. The van der Waals surface area contributed by atoms with Crippen LogP contribution in [0.1, 0.15) is 39.0 Å². The van der Waals surface area contributed by atoms with E-state index < -0.39 is 0 Å². The van der Waals surface area contributed by atoms with Crippen molar-refractivity contribution in [2.45, 2.75) is 39.0 Å². The van der Waals surface area contributed by atoms with Crippen molar-refractivity contribution in [2.75, 3.05) is 18.5 Å². The predicted octanol–water partition coefficient (Wildman–Crippen LogP) is 4.98. The third kappa shape index (κ3) is 3.88. The van der Waals surface area contributed by atoms with Gasteiger partial charge < -0.3 is 15.0 Å². The Morgan fingerprint density at radius 2 is 1.93 bits per heavy atom. The summed E-state index contributed by atoms with van der Waals surface area (Å²) < 4.78 is 5.50. The van der Waals surface area contributed by atoms with Crippen LogP contribution in [0.5, 0.6) is 5.75 Å². The molecule has 1 aromatic carbocycles. The molecule has 5 nitrogen and oxygen atoms in total. The molecule has 28 heavy (non-hydrogen) atoms. The second kappa shape index (κ2) is 8.46. The minimum Gasteiger partial charge on any atom is -0.494 e. The summed E-state index contributed by atoms with van der Waals surface area (Å²) in [5.41, 5.74) is 2.32. The lowest BCUT2D eigenvalue weighted by Gasteiger charge is -2.22. The van der Waals surface area contributed by atoms with Crippen molar-refractivity contribution >= 4 is 16.7 Å². The Morgan fingerprint density at radius 3 is 2.68 bits per heavy atom. The molecule has 1 aliphatic rings. The Hall–Kier alpha value is -2.82. The van der Waals surface area contributed by atoms with E-state index in [1.165, 1.54) is 32.1 Å². The minimum atomic E-state index is -0.00264. The van der Waals surface area contributed by atoms with Crippen molar-refractivity contribution < 1.29 is 4.74 Å². The molecular formula is C23H27N3O2. The fraction of sp³-hybridized carbons (Fsp3) is 0.391. The monoisotopic (exact) mass is 377 g/mol. The maximum absolute atomic E-state index is 13.3. The van der Waals surface area contributed by atoms with E-state index in [4.69, 9.17) is 4.74 Å². The van der Waals surface area contributed by atoms with E-state index in [1.807, 2.05) is 37.3 Å². The third-order valence-corrected chi connectivity index (χ3v) is 5.55. The summed E-state index contributed by atoms with van der Waals surface area (Å²) in [6, 6.07) is 9.49. The number of hydrogen-bond acceptors (Lipinski definition) is 4. The first-order valence-corrected chi connectivity index (χ1v) is 10.2. The van der Waals surface area contributed by atoms with Crippen molar-refractivity contribution in [1.82, 2.24) is 9.97 Å². The molecule has 2 N–H and O–H groups in total. The largest absolute Gasteiger partial charge is 0.494 e. The summed E-state index contributed by atoms with van der Waals surface area (Å²) in [5, 5.41) is 4.08. The molecule has 1 aliphatic carbocycles. The summed E-state index contributed by atoms with van der Waals surface area (Å²) in [5.74, 6) is 2.15. The fourth-order valence-electron chi connectivity index (χ4n) is 4.04. The van der Waals surface area contributed by atoms with Gasteiger partial charge in [0.15, 0.2) is 0 Å². The quantitative estimate of drug-likeness (QED) is 0.636. The molecule has 3 aromatic rings. The highest BCUT2D eigenvalue weighted by atomic mass is 16.5. The van der Waals surface area contributed by atoms with Crippen LogP contribution in [-0.4, -0.2) is 23.1 Å². The van der Waals surface area contributed by atoms with Gasteiger partial charge >= 0.3 is 0 Å². The Kier molecular flexibility index (Phi) is 5.60. The standard InChI is InChI=1S/C23H27N3O2/c1-2-28-18-10-8-17(9-11-18)19-15-25-20-12-13-24-23(21(20)22(19)27)26-14-16-6-4-3-5-7-16/h8-13,15-16H,2-7,14H2,1H3,(H,24,26)(H,25,27). The number of ether oxygens (including phenoxy) is 1. The third-order valence-electron chi connectivity index (χ3n) is 5.55. The molecule has 5 heteroatoms. The Balaban J connectivity index is 1.66. The summed E-state index contributed by atoms with van der Waals surface area (Å²) in [6.07, 6.45) is 9.99. The van der Waals surface area contributed by atoms with E-state index in [0.717, 1.165) is 23.4 Å².